The molecule has 1 unspecified atom stereocenters. The highest BCUT2D eigenvalue weighted by Gasteiger charge is 2.14. The second kappa shape index (κ2) is 5.02. The molecule has 0 bridgehead atoms. The van der Waals surface area contributed by atoms with Crippen LogP contribution in [0.2, 0.25) is 0 Å². The van der Waals surface area contributed by atoms with Gasteiger partial charge in [-0.25, -0.2) is 13.2 Å². The molecule has 1 atom stereocenters. The van der Waals surface area contributed by atoms with E-state index in [4.69, 9.17) is 11.6 Å². The van der Waals surface area contributed by atoms with Crippen LogP contribution in [0.25, 0.3) is 0 Å². The van der Waals surface area contributed by atoms with Gasteiger partial charge in [0.25, 0.3) is 0 Å². The number of benzene rings is 2. The summed E-state index contributed by atoms with van der Waals surface area (Å²) in [5.41, 5.74) is 1.53. The number of hydrogen-bond acceptors (Lipinski definition) is 0. The molecule has 0 spiro atoms. The Bertz CT molecular complexity index is 530. The van der Waals surface area contributed by atoms with Crippen molar-refractivity contribution in [3.8, 4) is 0 Å². The van der Waals surface area contributed by atoms with Crippen LogP contribution in [0.1, 0.15) is 22.1 Å². The number of rotatable bonds is 2. The Balaban J connectivity index is 2.37. The summed E-state index contributed by atoms with van der Waals surface area (Å²) in [5.74, 6) is -2.19. The summed E-state index contributed by atoms with van der Waals surface area (Å²) in [7, 11) is 0. The fourth-order valence-electron chi connectivity index (χ4n) is 1.69. The van der Waals surface area contributed by atoms with Gasteiger partial charge < -0.3 is 0 Å². The van der Waals surface area contributed by atoms with Crippen molar-refractivity contribution in [2.45, 2.75) is 12.3 Å². The van der Waals surface area contributed by atoms with Crippen molar-refractivity contribution in [1.29, 1.82) is 0 Å². The zero-order valence-electron chi connectivity index (χ0n) is 9.55. The Morgan fingerprint density at radius 2 is 1.39 bits per heavy atom. The van der Waals surface area contributed by atoms with E-state index in [0.29, 0.717) is 16.7 Å². The molecule has 0 nitrogen and oxygen atoms in total. The summed E-state index contributed by atoms with van der Waals surface area (Å²) in [4.78, 5) is 0. The molecule has 0 saturated carbocycles. The summed E-state index contributed by atoms with van der Waals surface area (Å²) in [6, 6.07) is 7.91. The number of alkyl halides is 1. The first-order chi connectivity index (χ1) is 8.49. The van der Waals surface area contributed by atoms with Gasteiger partial charge in [-0.3, -0.25) is 0 Å². The average Bonchev–Trinajstić information content (AvgIpc) is 2.35. The molecule has 0 heterocycles. The minimum atomic E-state index is -0.947. The van der Waals surface area contributed by atoms with Crippen LogP contribution < -0.4 is 0 Å². The van der Waals surface area contributed by atoms with Crippen molar-refractivity contribution in [2.24, 2.45) is 0 Å². The molecule has 0 aliphatic carbocycles. The SMILES string of the molecule is Cc1cc(C(Cl)c2ccc(F)c(F)c2)ccc1F. The van der Waals surface area contributed by atoms with E-state index in [1.165, 1.54) is 18.2 Å². The van der Waals surface area contributed by atoms with Crippen LogP contribution in [0.3, 0.4) is 0 Å². The quantitative estimate of drug-likeness (QED) is 0.692. The highest BCUT2D eigenvalue weighted by Crippen LogP contribution is 2.30. The van der Waals surface area contributed by atoms with Gasteiger partial charge in [-0.2, -0.15) is 0 Å². The third-order valence-electron chi connectivity index (χ3n) is 2.71. The first-order valence-electron chi connectivity index (χ1n) is 5.34. The predicted octanol–water partition coefficient (Wildman–Crippen LogP) is 4.74. The van der Waals surface area contributed by atoms with Crippen molar-refractivity contribution in [1.82, 2.24) is 0 Å². The Labute approximate surface area is 108 Å². The van der Waals surface area contributed by atoms with Crippen molar-refractivity contribution in [3.63, 3.8) is 0 Å². The van der Waals surface area contributed by atoms with Crippen LogP contribution >= 0.6 is 11.6 Å². The van der Waals surface area contributed by atoms with E-state index < -0.39 is 17.0 Å². The lowest BCUT2D eigenvalue weighted by molar-refractivity contribution is 0.507. The Hall–Kier alpha value is -1.48. The van der Waals surface area contributed by atoms with Gasteiger partial charge in [0.15, 0.2) is 11.6 Å². The lowest BCUT2D eigenvalue weighted by Gasteiger charge is -2.11. The van der Waals surface area contributed by atoms with Gasteiger partial charge in [0.1, 0.15) is 5.82 Å². The molecular formula is C14H10ClF3. The first-order valence-corrected chi connectivity index (χ1v) is 5.78. The van der Waals surface area contributed by atoms with Gasteiger partial charge in [0.2, 0.25) is 0 Å². The normalized spacial score (nSPS) is 12.5. The van der Waals surface area contributed by atoms with Gasteiger partial charge in [-0.15, -0.1) is 11.6 Å². The molecule has 0 aromatic heterocycles. The summed E-state index contributed by atoms with van der Waals surface area (Å²) >= 11 is 6.17. The molecule has 0 aliphatic rings. The fraction of sp³-hybridized carbons (Fsp3) is 0.143. The van der Waals surface area contributed by atoms with Gasteiger partial charge >= 0.3 is 0 Å². The maximum Gasteiger partial charge on any atom is 0.159 e. The molecule has 0 saturated heterocycles. The minimum absolute atomic E-state index is 0.326. The van der Waals surface area contributed by atoms with E-state index in [-0.39, 0.29) is 5.82 Å². The van der Waals surface area contributed by atoms with E-state index in [1.54, 1.807) is 13.0 Å². The summed E-state index contributed by atoms with van der Waals surface area (Å²) < 4.78 is 39.0. The van der Waals surface area contributed by atoms with E-state index in [0.717, 1.165) is 12.1 Å². The summed E-state index contributed by atoms with van der Waals surface area (Å²) in [6.07, 6.45) is 0. The van der Waals surface area contributed by atoms with Crippen LogP contribution in [0.15, 0.2) is 36.4 Å². The molecule has 18 heavy (non-hydrogen) atoms. The van der Waals surface area contributed by atoms with E-state index in [9.17, 15) is 13.2 Å². The van der Waals surface area contributed by atoms with Gasteiger partial charge in [-0.1, -0.05) is 18.2 Å². The van der Waals surface area contributed by atoms with Crippen molar-refractivity contribution in [2.75, 3.05) is 0 Å². The maximum absolute atomic E-state index is 13.1. The smallest absolute Gasteiger partial charge is 0.159 e. The van der Waals surface area contributed by atoms with Crippen molar-refractivity contribution < 1.29 is 13.2 Å². The van der Waals surface area contributed by atoms with Gasteiger partial charge in [0, 0.05) is 0 Å². The van der Waals surface area contributed by atoms with E-state index in [1.807, 2.05) is 0 Å². The monoisotopic (exact) mass is 270 g/mol. The first kappa shape index (κ1) is 13.0. The van der Waals surface area contributed by atoms with Crippen LogP contribution in [-0.2, 0) is 0 Å². The minimum Gasteiger partial charge on any atom is -0.207 e. The summed E-state index contributed by atoms with van der Waals surface area (Å²) in [5, 5.41) is -0.639. The van der Waals surface area contributed by atoms with E-state index in [2.05, 4.69) is 0 Å². The lowest BCUT2D eigenvalue weighted by Crippen LogP contribution is -1.97. The standard InChI is InChI=1S/C14H10ClF3/c1-8-6-9(2-4-11(8)16)14(15)10-3-5-12(17)13(18)7-10/h2-7,14H,1H3. The molecule has 0 N–H and O–H groups in total. The molecular weight excluding hydrogens is 261 g/mol. The highest BCUT2D eigenvalue weighted by atomic mass is 35.5. The Kier molecular flexibility index (Phi) is 3.62. The zero-order chi connectivity index (χ0) is 13.3. The second-order valence-electron chi connectivity index (χ2n) is 4.04. The number of aryl methyl sites for hydroxylation is 1. The molecule has 2 aromatic rings. The molecule has 4 heteroatoms. The van der Waals surface area contributed by atoms with Crippen LogP contribution in [0.4, 0.5) is 13.2 Å². The van der Waals surface area contributed by atoms with Crippen LogP contribution in [0.5, 0.6) is 0 Å². The topological polar surface area (TPSA) is 0 Å². The van der Waals surface area contributed by atoms with Crippen LogP contribution in [0, 0.1) is 24.4 Å². The Morgan fingerprint density at radius 3 is 1.94 bits per heavy atom. The Morgan fingerprint density at radius 1 is 0.833 bits per heavy atom. The summed E-state index contributed by atoms with van der Waals surface area (Å²) in [6.45, 7) is 1.62. The molecule has 0 fully saturated rings. The lowest BCUT2D eigenvalue weighted by atomic mass is 10.0. The van der Waals surface area contributed by atoms with Crippen molar-refractivity contribution >= 4 is 11.6 Å². The van der Waals surface area contributed by atoms with Gasteiger partial charge in [-0.05, 0) is 41.8 Å². The largest absolute Gasteiger partial charge is 0.207 e. The maximum atomic E-state index is 13.1. The third kappa shape index (κ3) is 2.51. The molecule has 0 aliphatic heterocycles. The zero-order valence-corrected chi connectivity index (χ0v) is 10.3. The number of hydrogen-bond donors (Lipinski definition) is 0. The molecule has 0 amide bonds. The molecule has 94 valence electrons. The van der Waals surface area contributed by atoms with E-state index >= 15 is 0 Å². The third-order valence-corrected chi connectivity index (χ3v) is 3.21. The molecule has 2 aromatic carbocycles. The second-order valence-corrected chi connectivity index (χ2v) is 4.48. The number of halogens is 4. The molecule has 2 rings (SSSR count). The van der Waals surface area contributed by atoms with Gasteiger partial charge in [0.05, 0.1) is 5.38 Å². The van der Waals surface area contributed by atoms with Crippen LogP contribution in [-0.4, -0.2) is 0 Å². The highest BCUT2D eigenvalue weighted by molar-refractivity contribution is 6.22. The predicted molar refractivity (Wildman–Crippen MR) is 65.2 cm³/mol. The fourth-order valence-corrected chi connectivity index (χ4v) is 1.96. The van der Waals surface area contributed by atoms with Crippen molar-refractivity contribution in [3.05, 3.63) is 70.5 Å². The molecule has 0 radical (unpaired) electrons. The average molecular weight is 271 g/mol.